The number of fused-ring (bicyclic) bond motifs is 5. The first-order valence-corrected chi connectivity index (χ1v) is 11.4. The summed E-state index contributed by atoms with van der Waals surface area (Å²) in [6.45, 7) is 5.75. The van der Waals surface area contributed by atoms with Crippen LogP contribution in [0.5, 0.6) is 0 Å². The summed E-state index contributed by atoms with van der Waals surface area (Å²) >= 11 is 0. The second-order valence-electron chi connectivity index (χ2n) is 10.7. The van der Waals surface area contributed by atoms with Gasteiger partial charge in [0.1, 0.15) is 12.1 Å². The number of ketones is 1. The van der Waals surface area contributed by atoms with Gasteiger partial charge >= 0.3 is 0 Å². The smallest absolute Gasteiger partial charge is 0.143 e. The first kappa shape index (κ1) is 19.6. The molecule has 0 N–H and O–H groups in total. The van der Waals surface area contributed by atoms with Gasteiger partial charge in [-0.2, -0.15) is 0 Å². The summed E-state index contributed by atoms with van der Waals surface area (Å²) in [5, 5.41) is 0. The van der Waals surface area contributed by atoms with Gasteiger partial charge < -0.3 is 9.53 Å². The van der Waals surface area contributed by atoms with Gasteiger partial charge in [-0.15, -0.1) is 0 Å². The lowest BCUT2D eigenvalue weighted by molar-refractivity contribution is -0.154. The van der Waals surface area contributed by atoms with E-state index in [-0.39, 0.29) is 23.5 Å². The molecule has 4 rings (SSSR count). The minimum absolute atomic E-state index is 0.120. The second kappa shape index (κ2) is 7.28. The number of hydrogen-bond acceptors (Lipinski definition) is 3. The Balaban J connectivity index is 1.61. The van der Waals surface area contributed by atoms with E-state index in [1.165, 1.54) is 51.4 Å². The molecule has 0 amide bonds. The third kappa shape index (κ3) is 2.94. The van der Waals surface area contributed by atoms with Crippen LogP contribution in [0.4, 0.5) is 0 Å². The highest BCUT2D eigenvalue weighted by atomic mass is 16.5. The highest BCUT2D eigenvalue weighted by Gasteiger charge is 2.62. The third-order valence-electron chi connectivity index (χ3n) is 9.71. The summed E-state index contributed by atoms with van der Waals surface area (Å²) in [5.41, 5.74) is 0.515. The van der Waals surface area contributed by atoms with Crippen molar-refractivity contribution in [2.75, 3.05) is 13.7 Å². The maximum absolute atomic E-state index is 12.6. The van der Waals surface area contributed by atoms with Crippen LogP contribution in [-0.4, -0.2) is 25.8 Å². The predicted molar refractivity (Wildman–Crippen MR) is 106 cm³/mol. The van der Waals surface area contributed by atoms with Gasteiger partial charge in [0.05, 0.1) is 13.0 Å². The van der Waals surface area contributed by atoms with E-state index in [0.29, 0.717) is 11.3 Å². The summed E-state index contributed by atoms with van der Waals surface area (Å²) in [4.78, 5) is 23.6. The van der Waals surface area contributed by atoms with Gasteiger partial charge in [-0.25, -0.2) is 0 Å². The first-order chi connectivity index (χ1) is 13.0. The number of aldehydes is 1. The van der Waals surface area contributed by atoms with Crippen LogP contribution in [-0.2, 0) is 14.3 Å². The Morgan fingerprint density at radius 1 is 1.07 bits per heavy atom. The van der Waals surface area contributed by atoms with E-state index in [4.69, 9.17) is 4.74 Å². The van der Waals surface area contributed by atoms with E-state index in [2.05, 4.69) is 13.8 Å². The molecule has 4 fully saturated rings. The predicted octanol–water partition coefficient (Wildman–Crippen LogP) is 5.07. The topological polar surface area (TPSA) is 43.4 Å². The quantitative estimate of drug-likeness (QED) is 0.499. The van der Waals surface area contributed by atoms with Gasteiger partial charge in [-0.1, -0.05) is 20.3 Å². The summed E-state index contributed by atoms with van der Waals surface area (Å²) in [7, 11) is 1.89. The first-order valence-electron chi connectivity index (χ1n) is 11.4. The van der Waals surface area contributed by atoms with Gasteiger partial charge in [0, 0.05) is 13.0 Å². The lowest BCUT2D eigenvalue weighted by Gasteiger charge is -2.61. The molecule has 3 nitrogen and oxygen atoms in total. The minimum atomic E-state index is 0.120. The van der Waals surface area contributed by atoms with Crippen molar-refractivity contribution in [2.24, 2.45) is 46.3 Å². The van der Waals surface area contributed by atoms with Crippen LogP contribution in [0.15, 0.2) is 0 Å². The number of Topliss-reactive ketones (excluding diaryl/α,β-unsaturated/α-hetero) is 1. The zero-order valence-corrected chi connectivity index (χ0v) is 17.5. The van der Waals surface area contributed by atoms with Crippen LogP contribution in [0.3, 0.4) is 0 Å². The van der Waals surface area contributed by atoms with Crippen molar-refractivity contribution in [3.63, 3.8) is 0 Å². The monoisotopic (exact) mass is 374 g/mol. The number of carbonyl (C=O) groups is 2. The lowest BCUT2D eigenvalue weighted by atomic mass is 9.44. The molecule has 3 heteroatoms. The molecule has 8 unspecified atom stereocenters. The molecule has 4 aliphatic rings. The molecule has 0 heterocycles. The van der Waals surface area contributed by atoms with Crippen molar-refractivity contribution in [1.29, 1.82) is 0 Å². The Kier molecular flexibility index (Phi) is 5.29. The molecular weight excluding hydrogens is 336 g/mol. The highest BCUT2D eigenvalue weighted by molar-refractivity contribution is 5.92. The lowest BCUT2D eigenvalue weighted by Crippen LogP contribution is -2.56. The van der Waals surface area contributed by atoms with Crippen LogP contribution in [0.2, 0.25) is 0 Å². The van der Waals surface area contributed by atoms with Crippen LogP contribution in [0, 0.1) is 46.3 Å². The zero-order chi connectivity index (χ0) is 19.2. The average Bonchev–Trinajstić information content (AvgIpc) is 3.00. The molecule has 0 saturated heterocycles. The van der Waals surface area contributed by atoms with Crippen molar-refractivity contribution < 1.29 is 14.3 Å². The molecule has 0 aromatic carbocycles. The molecule has 0 bridgehead atoms. The Morgan fingerprint density at radius 3 is 2.63 bits per heavy atom. The Morgan fingerprint density at radius 2 is 1.89 bits per heavy atom. The van der Waals surface area contributed by atoms with Gasteiger partial charge in [-0.05, 0) is 91.8 Å². The molecule has 8 atom stereocenters. The highest BCUT2D eigenvalue weighted by Crippen LogP contribution is 2.68. The third-order valence-corrected chi connectivity index (χ3v) is 9.71. The molecule has 0 radical (unpaired) electrons. The molecule has 4 aliphatic carbocycles. The summed E-state index contributed by atoms with van der Waals surface area (Å²) in [5.74, 6) is 4.24. The van der Waals surface area contributed by atoms with Gasteiger partial charge in [0.2, 0.25) is 0 Å². The number of ether oxygens (including phenoxy) is 1. The number of carbonyl (C=O) groups excluding carboxylic acids is 2. The molecule has 0 aromatic rings. The Bertz CT molecular complexity index is 586. The summed E-state index contributed by atoms with van der Waals surface area (Å²) in [6.07, 6.45) is 12.3. The van der Waals surface area contributed by atoms with Crippen LogP contribution < -0.4 is 0 Å². The maximum Gasteiger partial charge on any atom is 0.143 e. The van der Waals surface area contributed by atoms with E-state index in [0.717, 1.165) is 43.0 Å². The average molecular weight is 375 g/mol. The number of rotatable bonds is 5. The molecule has 0 aromatic heterocycles. The Labute approximate surface area is 165 Å². The van der Waals surface area contributed by atoms with Crippen molar-refractivity contribution in [2.45, 2.75) is 78.1 Å². The zero-order valence-electron chi connectivity index (χ0n) is 17.5. The minimum Gasteiger partial charge on any atom is -0.384 e. The molecular formula is C24H38O3. The van der Waals surface area contributed by atoms with Gasteiger partial charge in [0.15, 0.2) is 0 Å². The summed E-state index contributed by atoms with van der Waals surface area (Å²) < 4.78 is 5.86. The van der Waals surface area contributed by atoms with Crippen LogP contribution in [0.1, 0.15) is 78.1 Å². The normalized spacial score (nSPS) is 49.0. The molecule has 27 heavy (non-hydrogen) atoms. The van der Waals surface area contributed by atoms with Gasteiger partial charge in [0.25, 0.3) is 0 Å². The Hall–Kier alpha value is -0.700. The molecule has 4 saturated carbocycles. The summed E-state index contributed by atoms with van der Waals surface area (Å²) in [6, 6.07) is 0. The maximum atomic E-state index is 12.6. The SMILES string of the molecule is COCC12CCC(C)CC1CCC1C3CCC(C(=O)CC=O)C3(C)CCC12. The van der Waals surface area contributed by atoms with Crippen molar-refractivity contribution in [3.8, 4) is 0 Å². The fraction of sp³-hybridized carbons (Fsp3) is 0.917. The fourth-order valence-corrected chi connectivity index (χ4v) is 8.57. The molecule has 152 valence electrons. The van der Waals surface area contributed by atoms with Crippen molar-refractivity contribution in [3.05, 3.63) is 0 Å². The number of methoxy groups -OCH3 is 1. The van der Waals surface area contributed by atoms with E-state index in [1.54, 1.807) is 0 Å². The van der Waals surface area contributed by atoms with Crippen LogP contribution in [0.25, 0.3) is 0 Å². The van der Waals surface area contributed by atoms with E-state index >= 15 is 0 Å². The van der Waals surface area contributed by atoms with Crippen molar-refractivity contribution in [1.82, 2.24) is 0 Å². The standard InChI is InChI=1S/C24H38O3/c1-16-8-12-24(15-27-3)17(14-16)4-5-18-19-6-7-21(22(26)10-13-25)23(19,2)11-9-20(18)24/h13,16-21H,4-12,14-15H2,1-3H3. The number of hydrogen-bond donors (Lipinski definition) is 0. The van der Waals surface area contributed by atoms with Crippen molar-refractivity contribution >= 4 is 12.1 Å². The van der Waals surface area contributed by atoms with Crippen LogP contribution >= 0.6 is 0 Å². The van der Waals surface area contributed by atoms with E-state index in [9.17, 15) is 9.59 Å². The van der Waals surface area contributed by atoms with E-state index in [1.807, 2.05) is 7.11 Å². The fourth-order valence-electron chi connectivity index (χ4n) is 8.57. The molecule has 0 spiro atoms. The molecule has 0 aliphatic heterocycles. The largest absolute Gasteiger partial charge is 0.384 e. The van der Waals surface area contributed by atoms with Gasteiger partial charge in [-0.3, -0.25) is 4.79 Å². The second-order valence-corrected chi connectivity index (χ2v) is 10.7. The van der Waals surface area contributed by atoms with E-state index < -0.39 is 0 Å².